The van der Waals surface area contributed by atoms with Crippen LogP contribution in [0, 0.1) is 5.92 Å². The molecule has 0 amide bonds. The quantitative estimate of drug-likeness (QED) is 0.675. The zero-order chi connectivity index (χ0) is 15.6. The van der Waals surface area contributed by atoms with E-state index in [1.54, 1.807) is 5.57 Å². The van der Waals surface area contributed by atoms with Gasteiger partial charge in [0.1, 0.15) is 0 Å². The Morgan fingerprint density at radius 2 is 1.73 bits per heavy atom. The summed E-state index contributed by atoms with van der Waals surface area (Å²) >= 11 is 0. The number of rotatable bonds is 0. The van der Waals surface area contributed by atoms with Crippen LogP contribution in [0.15, 0.2) is 36.4 Å². The van der Waals surface area contributed by atoms with Crippen LogP contribution in [0.5, 0.6) is 0 Å². The largest absolute Gasteiger partial charge is 0.0648 e. The lowest BCUT2D eigenvalue weighted by atomic mass is 9.82. The van der Waals surface area contributed by atoms with Crippen molar-refractivity contribution in [3.05, 3.63) is 58.0 Å². The zero-order valence-electron chi connectivity index (χ0n) is 14.2. The molecule has 2 aromatic carbocycles. The van der Waals surface area contributed by atoms with Crippen molar-refractivity contribution in [3.8, 4) is 11.1 Å². The molecule has 1 atom stereocenters. The predicted octanol–water partition coefficient (Wildman–Crippen LogP) is 4.37. The highest BCUT2D eigenvalue weighted by Gasteiger charge is 2.28. The van der Waals surface area contributed by atoms with Crippen molar-refractivity contribution >= 4 is 11.1 Å². The first-order valence-electron chi connectivity index (χ1n) is 8.36. The van der Waals surface area contributed by atoms with Gasteiger partial charge in [-0.1, -0.05) is 63.6 Å². The minimum absolute atomic E-state index is 0.198. The molecular formula is C22H24. The van der Waals surface area contributed by atoms with Crippen LogP contribution in [0.4, 0.5) is 0 Å². The zero-order valence-corrected chi connectivity index (χ0v) is 14.2. The third-order valence-corrected chi connectivity index (χ3v) is 5.36. The van der Waals surface area contributed by atoms with E-state index in [4.69, 9.17) is 0 Å². The Morgan fingerprint density at radius 1 is 0.955 bits per heavy atom. The molecule has 22 heavy (non-hydrogen) atoms. The number of benzene rings is 2. The second-order valence-electron chi connectivity index (χ2n) is 8.04. The van der Waals surface area contributed by atoms with Crippen LogP contribution in [-0.4, -0.2) is 0 Å². The summed E-state index contributed by atoms with van der Waals surface area (Å²) in [4.78, 5) is 0. The Kier molecular flexibility index (Phi) is 2.73. The first-order valence-corrected chi connectivity index (χ1v) is 8.36. The number of hydrogen-bond donors (Lipinski definition) is 0. The van der Waals surface area contributed by atoms with Crippen LogP contribution in [0.2, 0.25) is 0 Å². The van der Waals surface area contributed by atoms with Crippen LogP contribution in [0.25, 0.3) is 22.3 Å². The molecule has 4 rings (SSSR count). The molecule has 0 heterocycles. The Morgan fingerprint density at radius 3 is 2.45 bits per heavy atom. The summed E-state index contributed by atoms with van der Waals surface area (Å²) in [7, 11) is 0. The third-order valence-electron chi connectivity index (χ3n) is 5.36. The lowest BCUT2D eigenvalue weighted by Gasteiger charge is -2.22. The molecular weight excluding hydrogens is 264 g/mol. The summed E-state index contributed by atoms with van der Waals surface area (Å²) in [5, 5.41) is 2.99. The molecule has 0 radical (unpaired) electrons. The van der Waals surface area contributed by atoms with E-state index in [0.717, 1.165) is 0 Å². The van der Waals surface area contributed by atoms with Gasteiger partial charge in [0.05, 0.1) is 0 Å². The third kappa shape index (κ3) is 1.76. The number of fused-ring (bicyclic) bond motifs is 3. The van der Waals surface area contributed by atoms with Crippen molar-refractivity contribution in [2.75, 3.05) is 0 Å². The molecule has 2 aliphatic rings. The van der Waals surface area contributed by atoms with Gasteiger partial charge < -0.3 is 0 Å². The van der Waals surface area contributed by atoms with Crippen molar-refractivity contribution < 1.29 is 0 Å². The summed E-state index contributed by atoms with van der Waals surface area (Å²) in [6, 6.07) is 14.0. The van der Waals surface area contributed by atoms with Crippen LogP contribution >= 0.6 is 0 Å². The molecule has 2 aliphatic carbocycles. The summed E-state index contributed by atoms with van der Waals surface area (Å²) < 4.78 is 0. The Balaban J connectivity index is 2.11. The van der Waals surface area contributed by atoms with Crippen LogP contribution in [0.1, 0.15) is 52.2 Å². The topological polar surface area (TPSA) is 0 Å². The van der Waals surface area contributed by atoms with Gasteiger partial charge in [-0.2, -0.15) is 0 Å². The molecule has 0 saturated heterocycles. The molecule has 0 bridgehead atoms. The van der Waals surface area contributed by atoms with Gasteiger partial charge in [0, 0.05) is 0 Å². The maximum atomic E-state index is 2.43. The second-order valence-corrected chi connectivity index (χ2v) is 8.04. The minimum atomic E-state index is 0.198. The van der Waals surface area contributed by atoms with Crippen molar-refractivity contribution in [1.29, 1.82) is 0 Å². The summed E-state index contributed by atoms with van der Waals surface area (Å²) in [5.74, 6) is 0.621. The summed E-state index contributed by atoms with van der Waals surface area (Å²) in [6.07, 6.45) is 1.19. The maximum Gasteiger partial charge on any atom is -0.00646 e. The smallest absolute Gasteiger partial charge is 0.00646 e. The molecule has 0 aromatic heterocycles. The van der Waals surface area contributed by atoms with E-state index in [9.17, 15) is 0 Å². The SMILES string of the molecule is CC1=c2cccc3c2=C(c2ccc(C(C)(C)C)cc2-3)C(C)C1. The van der Waals surface area contributed by atoms with E-state index in [1.165, 1.54) is 44.7 Å². The molecule has 112 valence electrons. The molecule has 0 aliphatic heterocycles. The fourth-order valence-corrected chi connectivity index (χ4v) is 4.21. The highest BCUT2D eigenvalue weighted by Crippen LogP contribution is 2.40. The molecule has 0 saturated carbocycles. The maximum absolute atomic E-state index is 2.43. The molecule has 0 heteroatoms. The summed E-state index contributed by atoms with van der Waals surface area (Å²) in [6.45, 7) is 11.6. The molecule has 0 N–H and O–H groups in total. The van der Waals surface area contributed by atoms with Gasteiger partial charge in [0.2, 0.25) is 0 Å². The lowest BCUT2D eigenvalue weighted by molar-refractivity contribution is 0.590. The average molecular weight is 288 g/mol. The molecule has 2 aromatic rings. The highest BCUT2D eigenvalue weighted by atomic mass is 14.3. The van der Waals surface area contributed by atoms with Crippen molar-refractivity contribution in [2.24, 2.45) is 5.92 Å². The normalized spacial score (nSPS) is 19.2. The van der Waals surface area contributed by atoms with E-state index in [0.29, 0.717) is 5.92 Å². The van der Waals surface area contributed by atoms with Gasteiger partial charge in [-0.05, 0) is 69.0 Å². The van der Waals surface area contributed by atoms with E-state index in [-0.39, 0.29) is 5.41 Å². The monoisotopic (exact) mass is 288 g/mol. The highest BCUT2D eigenvalue weighted by molar-refractivity contribution is 5.92. The van der Waals surface area contributed by atoms with Gasteiger partial charge in [-0.3, -0.25) is 0 Å². The van der Waals surface area contributed by atoms with Crippen molar-refractivity contribution in [3.63, 3.8) is 0 Å². The van der Waals surface area contributed by atoms with Crippen molar-refractivity contribution in [1.82, 2.24) is 0 Å². The molecule has 0 nitrogen and oxygen atoms in total. The molecule has 1 unspecified atom stereocenters. The standard InChI is InChI=1S/C22H24/c1-13-11-14(2)20-18-10-9-15(22(3,4)5)12-19(18)17-8-6-7-16(13)21(17)20/h6-10,12,14H,11H2,1-5H3. The van der Waals surface area contributed by atoms with E-state index >= 15 is 0 Å². The Hall–Kier alpha value is -1.82. The van der Waals surface area contributed by atoms with E-state index in [1.807, 2.05) is 0 Å². The lowest BCUT2D eigenvalue weighted by Crippen LogP contribution is -2.33. The van der Waals surface area contributed by atoms with Gasteiger partial charge in [-0.15, -0.1) is 0 Å². The predicted molar refractivity (Wildman–Crippen MR) is 95.2 cm³/mol. The van der Waals surface area contributed by atoms with Crippen LogP contribution in [-0.2, 0) is 5.41 Å². The Labute approximate surface area is 133 Å². The molecule has 0 spiro atoms. The second kappa shape index (κ2) is 4.35. The van der Waals surface area contributed by atoms with Gasteiger partial charge in [0.15, 0.2) is 0 Å². The van der Waals surface area contributed by atoms with Crippen molar-refractivity contribution in [2.45, 2.75) is 46.5 Å². The Bertz CT molecular complexity index is 904. The van der Waals surface area contributed by atoms with E-state index < -0.39 is 0 Å². The summed E-state index contributed by atoms with van der Waals surface area (Å²) in [5.41, 5.74) is 9.10. The first kappa shape index (κ1) is 13.8. The minimum Gasteiger partial charge on any atom is -0.0648 e. The van der Waals surface area contributed by atoms with Gasteiger partial charge in [-0.25, -0.2) is 0 Å². The fourth-order valence-electron chi connectivity index (χ4n) is 4.21. The fraction of sp³-hybridized carbons (Fsp3) is 0.364. The average Bonchev–Trinajstić information content (AvgIpc) is 2.79. The van der Waals surface area contributed by atoms with Gasteiger partial charge >= 0.3 is 0 Å². The van der Waals surface area contributed by atoms with E-state index in [2.05, 4.69) is 71.0 Å². The first-order chi connectivity index (χ1) is 10.4. The van der Waals surface area contributed by atoms with Gasteiger partial charge in [0.25, 0.3) is 0 Å². The van der Waals surface area contributed by atoms with Crippen LogP contribution in [0.3, 0.4) is 0 Å². The van der Waals surface area contributed by atoms with Crippen LogP contribution < -0.4 is 10.4 Å². The number of hydrogen-bond acceptors (Lipinski definition) is 0. The molecule has 0 fully saturated rings.